The van der Waals surface area contributed by atoms with Crippen molar-refractivity contribution in [3.63, 3.8) is 0 Å². The normalized spacial score (nSPS) is 11.2. The maximum Gasteiger partial charge on any atom is 0.407 e. The number of rotatable bonds is 6. The van der Waals surface area contributed by atoms with Gasteiger partial charge < -0.3 is 10.1 Å². The van der Waals surface area contributed by atoms with Crippen LogP contribution in [0.3, 0.4) is 0 Å². The molecule has 3 nitrogen and oxygen atoms in total. The molecular weight excluding hydrogens is 358 g/mol. The minimum Gasteiger partial charge on any atom is -0.445 e. The molecule has 29 heavy (non-hydrogen) atoms. The molecule has 0 heterocycles. The predicted octanol–water partition coefficient (Wildman–Crippen LogP) is 6.32. The summed E-state index contributed by atoms with van der Waals surface area (Å²) in [7, 11) is 0. The average Bonchev–Trinajstić information content (AvgIpc) is 2.78. The van der Waals surface area contributed by atoms with Gasteiger partial charge in [-0.25, -0.2) is 4.79 Å². The van der Waals surface area contributed by atoms with Gasteiger partial charge in [-0.3, -0.25) is 0 Å². The first-order chi connectivity index (χ1) is 14.3. The van der Waals surface area contributed by atoms with Crippen LogP contribution in [-0.4, -0.2) is 12.6 Å². The zero-order chi connectivity index (χ0) is 19.9. The van der Waals surface area contributed by atoms with Crippen molar-refractivity contribution in [1.82, 2.24) is 5.32 Å². The molecule has 0 radical (unpaired) electrons. The van der Waals surface area contributed by atoms with Gasteiger partial charge in [-0.15, -0.1) is 0 Å². The maximum absolute atomic E-state index is 11.8. The molecule has 0 saturated carbocycles. The highest BCUT2D eigenvalue weighted by Crippen LogP contribution is 2.29. The van der Waals surface area contributed by atoms with E-state index in [0.29, 0.717) is 6.54 Å². The summed E-state index contributed by atoms with van der Waals surface area (Å²) in [6, 6.07) is 28.8. The summed E-state index contributed by atoms with van der Waals surface area (Å²) >= 11 is 0. The highest BCUT2D eigenvalue weighted by Gasteiger charge is 2.04. The van der Waals surface area contributed by atoms with Gasteiger partial charge in [-0.05, 0) is 45.2 Å². The smallest absolute Gasteiger partial charge is 0.407 e. The SMILES string of the molecule is O=C(NCCC=Cc1cc2ccccc2c2ccccc12)OCc1ccccc1. The highest BCUT2D eigenvalue weighted by molar-refractivity contribution is 6.10. The molecule has 0 spiro atoms. The number of fused-ring (bicyclic) bond motifs is 3. The standard InChI is InChI=1S/C26H23NO2/c28-26(29-19-20-10-2-1-3-11-20)27-17-9-8-13-22-18-21-12-4-5-14-23(21)25-16-7-6-15-24(22)25/h1-8,10-16,18H,9,17,19H2,(H,27,28). The van der Waals surface area contributed by atoms with Crippen LogP contribution in [0.5, 0.6) is 0 Å². The van der Waals surface area contributed by atoms with E-state index >= 15 is 0 Å². The number of carbonyl (C=O) groups is 1. The van der Waals surface area contributed by atoms with Crippen LogP contribution < -0.4 is 5.32 Å². The van der Waals surface area contributed by atoms with E-state index in [1.165, 1.54) is 27.1 Å². The fraction of sp³-hybridized carbons (Fsp3) is 0.115. The quantitative estimate of drug-likeness (QED) is 0.313. The minimum absolute atomic E-state index is 0.283. The summed E-state index contributed by atoms with van der Waals surface area (Å²) < 4.78 is 5.22. The fourth-order valence-electron chi connectivity index (χ4n) is 3.46. The van der Waals surface area contributed by atoms with Gasteiger partial charge in [0, 0.05) is 6.54 Å². The average molecular weight is 381 g/mol. The Kier molecular flexibility index (Phi) is 5.87. The van der Waals surface area contributed by atoms with E-state index in [2.05, 4.69) is 72.1 Å². The molecule has 0 atom stereocenters. The Morgan fingerprint density at radius 1 is 0.828 bits per heavy atom. The number of amides is 1. The number of ether oxygens (including phenoxy) is 1. The van der Waals surface area contributed by atoms with Crippen LogP contribution in [0.15, 0.2) is 91.0 Å². The van der Waals surface area contributed by atoms with E-state index in [9.17, 15) is 4.79 Å². The Balaban J connectivity index is 1.36. The number of nitrogens with one attached hydrogen (secondary N) is 1. The molecule has 0 saturated heterocycles. The third-order valence-electron chi connectivity index (χ3n) is 4.89. The number of hydrogen-bond acceptors (Lipinski definition) is 2. The summed E-state index contributed by atoms with van der Waals surface area (Å²) in [5.74, 6) is 0. The second kappa shape index (κ2) is 9.07. The van der Waals surface area contributed by atoms with Gasteiger partial charge in [0.1, 0.15) is 6.61 Å². The van der Waals surface area contributed by atoms with Gasteiger partial charge in [0.05, 0.1) is 0 Å². The van der Waals surface area contributed by atoms with Crippen molar-refractivity contribution < 1.29 is 9.53 Å². The molecule has 1 amide bonds. The van der Waals surface area contributed by atoms with Crippen LogP contribution in [0.1, 0.15) is 17.5 Å². The molecule has 0 aliphatic rings. The molecule has 4 aromatic carbocycles. The number of carbonyl (C=O) groups excluding carboxylic acids is 1. The molecule has 0 unspecified atom stereocenters. The van der Waals surface area contributed by atoms with Gasteiger partial charge >= 0.3 is 6.09 Å². The molecule has 0 aromatic heterocycles. The molecule has 3 heteroatoms. The van der Waals surface area contributed by atoms with Crippen LogP contribution in [0.4, 0.5) is 4.79 Å². The molecule has 144 valence electrons. The predicted molar refractivity (Wildman–Crippen MR) is 120 cm³/mol. The topological polar surface area (TPSA) is 38.3 Å². The summed E-state index contributed by atoms with van der Waals surface area (Å²) in [6.07, 6.45) is 4.57. The van der Waals surface area contributed by atoms with E-state index in [0.717, 1.165) is 12.0 Å². The largest absolute Gasteiger partial charge is 0.445 e. The van der Waals surface area contributed by atoms with Crippen molar-refractivity contribution in [2.45, 2.75) is 13.0 Å². The number of benzene rings is 4. The van der Waals surface area contributed by atoms with Gasteiger partial charge in [-0.2, -0.15) is 0 Å². The van der Waals surface area contributed by atoms with Crippen LogP contribution in [0.25, 0.3) is 27.6 Å². The Hall–Kier alpha value is -3.59. The number of hydrogen-bond donors (Lipinski definition) is 1. The second-order valence-corrected chi connectivity index (χ2v) is 6.91. The minimum atomic E-state index is -0.390. The van der Waals surface area contributed by atoms with Crippen molar-refractivity contribution in [2.75, 3.05) is 6.54 Å². The summed E-state index contributed by atoms with van der Waals surface area (Å²) in [6.45, 7) is 0.821. The third kappa shape index (κ3) is 4.64. The lowest BCUT2D eigenvalue weighted by molar-refractivity contribution is 0.140. The summed E-state index contributed by atoms with van der Waals surface area (Å²) in [4.78, 5) is 11.8. The van der Waals surface area contributed by atoms with Gasteiger partial charge in [0.15, 0.2) is 0 Å². The monoisotopic (exact) mass is 381 g/mol. The lowest BCUT2D eigenvalue weighted by Crippen LogP contribution is -2.24. The Morgan fingerprint density at radius 3 is 2.34 bits per heavy atom. The first kappa shape index (κ1) is 18.8. The molecule has 0 aliphatic carbocycles. The van der Waals surface area contributed by atoms with Crippen LogP contribution in [0, 0.1) is 0 Å². The van der Waals surface area contributed by atoms with E-state index in [-0.39, 0.29) is 6.61 Å². The zero-order valence-corrected chi connectivity index (χ0v) is 16.2. The third-order valence-corrected chi connectivity index (χ3v) is 4.89. The molecule has 4 aromatic rings. The Morgan fingerprint density at radius 2 is 1.52 bits per heavy atom. The first-order valence-corrected chi connectivity index (χ1v) is 9.83. The van der Waals surface area contributed by atoms with E-state index < -0.39 is 6.09 Å². The zero-order valence-electron chi connectivity index (χ0n) is 16.2. The Bertz CT molecular complexity index is 1150. The van der Waals surface area contributed by atoms with Crippen molar-refractivity contribution in [1.29, 1.82) is 0 Å². The van der Waals surface area contributed by atoms with Crippen molar-refractivity contribution in [3.05, 3.63) is 102 Å². The summed E-state index contributed by atoms with van der Waals surface area (Å²) in [5, 5.41) is 7.78. The van der Waals surface area contributed by atoms with Gasteiger partial charge in [0.2, 0.25) is 0 Å². The lowest BCUT2D eigenvalue weighted by Gasteiger charge is -2.08. The molecule has 0 fully saturated rings. The van der Waals surface area contributed by atoms with Crippen molar-refractivity contribution >= 4 is 33.7 Å². The maximum atomic E-state index is 11.8. The van der Waals surface area contributed by atoms with Crippen LogP contribution >= 0.6 is 0 Å². The molecular formula is C26H23NO2. The number of alkyl carbamates (subject to hydrolysis) is 1. The second-order valence-electron chi connectivity index (χ2n) is 6.91. The van der Waals surface area contributed by atoms with Crippen LogP contribution in [0.2, 0.25) is 0 Å². The van der Waals surface area contributed by atoms with Gasteiger partial charge in [0.25, 0.3) is 0 Å². The molecule has 4 rings (SSSR count). The van der Waals surface area contributed by atoms with Crippen LogP contribution in [-0.2, 0) is 11.3 Å². The molecule has 0 aliphatic heterocycles. The van der Waals surface area contributed by atoms with Gasteiger partial charge in [-0.1, -0.05) is 91.0 Å². The molecule has 1 N–H and O–H groups in total. The van der Waals surface area contributed by atoms with Crippen molar-refractivity contribution in [2.24, 2.45) is 0 Å². The van der Waals surface area contributed by atoms with E-state index in [1.807, 2.05) is 30.3 Å². The summed E-state index contributed by atoms with van der Waals surface area (Å²) in [5.41, 5.74) is 2.16. The van der Waals surface area contributed by atoms with E-state index in [4.69, 9.17) is 4.74 Å². The first-order valence-electron chi connectivity index (χ1n) is 9.83. The Labute approximate surface area is 170 Å². The fourth-order valence-corrected chi connectivity index (χ4v) is 3.46. The van der Waals surface area contributed by atoms with E-state index in [1.54, 1.807) is 0 Å². The molecule has 0 bridgehead atoms. The van der Waals surface area contributed by atoms with Crippen molar-refractivity contribution in [3.8, 4) is 0 Å². The lowest BCUT2D eigenvalue weighted by atomic mass is 9.97. The highest BCUT2D eigenvalue weighted by atomic mass is 16.5.